The minimum atomic E-state index is -3.55. The third kappa shape index (κ3) is 9.02. The van der Waals surface area contributed by atoms with Crippen LogP contribution < -0.4 is 5.32 Å². The second-order valence-corrected chi connectivity index (χ2v) is 13.1. The smallest absolute Gasteiger partial charge is 0.410 e. The topological polar surface area (TPSA) is 139 Å². The minimum absolute atomic E-state index is 0.00966. The summed E-state index contributed by atoms with van der Waals surface area (Å²) in [5.74, 6) is -2.68. The Morgan fingerprint density at radius 2 is 1.75 bits per heavy atom. The van der Waals surface area contributed by atoms with Gasteiger partial charge in [-0.3, -0.25) is 14.4 Å². The maximum absolute atomic E-state index is 13.2. The van der Waals surface area contributed by atoms with Gasteiger partial charge in [0, 0.05) is 26.1 Å². The van der Waals surface area contributed by atoms with Gasteiger partial charge < -0.3 is 24.6 Å². The van der Waals surface area contributed by atoms with Crippen LogP contribution in [0.2, 0.25) is 0 Å². The number of hydrogen-bond donors (Lipinski definition) is 1. The zero-order valence-electron chi connectivity index (χ0n) is 21.5. The second kappa shape index (κ2) is 11.9. The molecule has 2 heterocycles. The summed E-state index contributed by atoms with van der Waals surface area (Å²) in [4.78, 5) is 54.3. The Labute approximate surface area is 213 Å². The molecule has 2 saturated heterocycles. The number of sulfone groups is 1. The number of nitrogens with zero attached hydrogens (tertiary/aromatic N) is 2. The molecule has 3 amide bonds. The predicted octanol–water partition coefficient (Wildman–Crippen LogP) is 0.761. The average Bonchev–Trinajstić information content (AvgIpc) is 3.60. The monoisotopic (exact) mass is 529 g/mol. The zero-order chi connectivity index (χ0) is 26.5. The van der Waals surface area contributed by atoms with E-state index in [2.05, 4.69) is 5.32 Å². The number of likely N-dealkylation sites (tertiary alicyclic amines) is 1. The van der Waals surface area contributed by atoms with Crippen molar-refractivity contribution < 1.29 is 37.1 Å². The predicted molar refractivity (Wildman–Crippen MR) is 131 cm³/mol. The van der Waals surface area contributed by atoms with Crippen LogP contribution in [0.4, 0.5) is 4.79 Å². The van der Waals surface area contributed by atoms with Gasteiger partial charge in [0.05, 0.1) is 43.2 Å². The molecule has 36 heavy (non-hydrogen) atoms. The molecule has 2 atom stereocenters. The van der Waals surface area contributed by atoms with Crippen LogP contribution in [-0.4, -0.2) is 104 Å². The lowest BCUT2D eigenvalue weighted by molar-refractivity contribution is -0.139. The van der Waals surface area contributed by atoms with Crippen molar-refractivity contribution >= 4 is 33.5 Å². The Morgan fingerprint density at radius 1 is 1.08 bits per heavy atom. The quantitative estimate of drug-likeness (QED) is 0.486. The van der Waals surface area contributed by atoms with Gasteiger partial charge >= 0.3 is 6.09 Å². The van der Waals surface area contributed by atoms with E-state index in [9.17, 15) is 27.6 Å². The van der Waals surface area contributed by atoms with Crippen molar-refractivity contribution in [2.75, 3.05) is 50.9 Å². The van der Waals surface area contributed by atoms with Crippen LogP contribution in [0.5, 0.6) is 0 Å². The van der Waals surface area contributed by atoms with E-state index in [0.29, 0.717) is 45.7 Å². The number of ether oxygens (including phenoxy) is 2. The largest absolute Gasteiger partial charge is 0.444 e. The van der Waals surface area contributed by atoms with Gasteiger partial charge in [0.25, 0.3) is 0 Å². The van der Waals surface area contributed by atoms with E-state index in [1.165, 1.54) is 4.90 Å². The highest BCUT2D eigenvalue weighted by atomic mass is 32.2. The van der Waals surface area contributed by atoms with E-state index in [1.54, 1.807) is 25.7 Å². The molecule has 1 N–H and O–H groups in total. The number of ketones is 1. The van der Waals surface area contributed by atoms with Crippen LogP contribution >= 0.6 is 0 Å². The molecule has 0 bridgehead atoms. The summed E-state index contributed by atoms with van der Waals surface area (Å²) < 4.78 is 36.1. The zero-order valence-corrected chi connectivity index (χ0v) is 22.3. The second-order valence-electron chi connectivity index (χ2n) is 11.0. The lowest BCUT2D eigenvalue weighted by Gasteiger charge is -2.28. The Morgan fingerprint density at radius 3 is 2.36 bits per heavy atom. The summed E-state index contributed by atoms with van der Waals surface area (Å²) in [7, 11) is -3.55. The van der Waals surface area contributed by atoms with Crippen molar-refractivity contribution in [1.82, 2.24) is 15.1 Å². The number of Topliss-reactive ketones (excluding diaryl/α,β-unsaturated/α-hetero) is 1. The first-order valence-corrected chi connectivity index (χ1v) is 14.5. The van der Waals surface area contributed by atoms with Gasteiger partial charge in [-0.05, 0) is 52.4 Å². The molecule has 1 saturated carbocycles. The molecular formula is C24H39N3O8S. The first-order valence-electron chi connectivity index (χ1n) is 12.7. The maximum Gasteiger partial charge on any atom is 0.410 e. The Kier molecular flexibility index (Phi) is 9.37. The van der Waals surface area contributed by atoms with Crippen LogP contribution in [0.25, 0.3) is 0 Å². The molecule has 12 heteroatoms. The van der Waals surface area contributed by atoms with Crippen molar-refractivity contribution in [3.05, 3.63) is 0 Å². The van der Waals surface area contributed by atoms with Gasteiger partial charge in [-0.1, -0.05) is 0 Å². The summed E-state index contributed by atoms with van der Waals surface area (Å²) in [6.07, 6.45) is 1.64. The van der Waals surface area contributed by atoms with Crippen molar-refractivity contribution in [1.29, 1.82) is 0 Å². The molecule has 0 aromatic carbocycles. The van der Waals surface area contributed by atoms with Gasteiger partial charge in [0.2, 0.25) is 11.8 Å². The first kappa shape index (κ1) is 28.4. The van der Waals surface area contributed by atoms with E-state index in [-0.39, 0.29) is 36.3 Å². The summed E-state index contributed by atoms with van der Waals surface area (Å²) in [6.45, 7) is 6.89. The lowest BCUT2D eigenvalue weighted by atomic mass is 10.0. The third-order valence-corrected chi connectivity index (χ3v) is 8.31. The number of carbonyl (C=O) groups excluding carboxylic acids is 4. The van der Waals surface area contributed by atoms with Crippen LogP contribution in [0.15, 0.2) is 0 Å². The number of hydrogen-bond acceptors (Lipinski definition) is 8. The Balaban J connectivity index is 1.65. The Hall–Kier alpha value is -2.21. The summed E-state index contributed by atoms with van der Waals surface area (Å²) >= 11 is 0. The molecule has 11 nitrogen and oxygen atoms in total. The van der Waals surface area contributed by atoms with E-state index >= 15 is 0 Å². The highest BCUT2D eigenvalue weighted by Crippen LogP contribution is 2.31. The normalized spacial score (nSPS) is 22.5. The molecule has 2 unspecified atom stereocenters. The molecule has 0 spiro atoms. The van der Waals surface area contributed by atoms with Crippen LogP contribution in [0.3, 0.4) is 0 Å². The first-order chi connectivity index (χ1) is 16.8. The summed E-state index contributed by atoms with van der Waals surface area (Å²) in [5.41, 5.74) is -0.702. The van der Waals surface area contributed by atoms with Gasteiger partial charge in [-0.2, -0.15) is 0 Å². The maximum atomic E-state index is 13.2. The van der Waals surface area contributed by atoms with Crippen molar-refractivity contribution in [3.8, 4) is 0 Å². The van der Waals surface area contributed by atoms with E-state index in [1.807, 2.05) is 0 Å². The molecule has 3 fully saturated rings. The molecule has 1 aliphatic carbocycles. The van der Waals surface area contributed by atoms with Crippen molar-refractivity contribution in [2.45, 2.75) is 64.5 Å². The van der Waals surface area contributed by atoms with Crippen molar-refractivity contribution in [2.24, 2.45) is 11.8 Å². The van der Waals surface area contributed by atoms with Gasteiger partial charge in [-0.15, -0.1) is 0 Å². The fraction of sp³-hybridized carbons (Fsp3) is 0.833. The number of amides is 3. The highest BCUT2D eigenvalue weighted by Gasteiger charge is 2.36. The third-order valence-electron chi connectivity index (χ3n) is 6.42. The summed E-state index contributed by atoms with van der Waals surface area (Å²) in [5, 5.41) is 2.69. The van der Waals surface area contributed by atoms with Crippen molar-refractivity contribution in [3.63, 3.8) is 0 Å². The fourth-order valence-electron chi connectivity index (χ4n) is 4.35. The molecule has 0 aromatic rings. The molecule has 2 aliphatic heterocycles. The fourth-order valence-corrected chi connectivity index (χ4v) is 6.42. The van der Waals surface area contributed by atoms with E-state index in [4.69, 9.17) is 9.47 Å². The van der Waals surface area contributed by atoms with Gasteiger partial charge in [0.1, 0.15) is 5.60 Å². The van der Waals surface area contributed by atoms with Crippen LogP contribution in [0, 0.1) is 11.8 Å². The number of carbonyl (C=O) groups is 4. The van der Waals surface area contributed by atoms with Crippen LogP contribution in [0.1, 0.15) is 52.9 Å². The summed E-state index contributed by atoms with van der Waals surface area (Å²) in [6, 6.07) is -0.864. The molecular weight excluding hydrogens is 490 g/mol. The SMILES string of the molecule is CC(C)(C)OC(=O)N1CCCC(NC(=O)C(CC(=O)N2CCOCC2)CS(=O)(=O)CC2CC2)C(=O)C1. The minimum Gasteiger partial charge on any atom is -0.444 e. The molecule has 3 aliphatic rings. The van der Waals surface area contributed by atoms with E-state index < -0.39 is 45.2 Å². The van der Waals surface area contributed by atoms with E-state index in [0.717, 1.165) is 12.8 Å². The van der Waals surface area contributed by atoms with Gasteiger partial charge in [0.15, 0.2) is 15.6 Å². The molecule has 0 aromatic heterocycles. The lowest BCUT2D eigenvalue weighted by Crippen LogP contribution is -2.49. The molecule has 204 valence electrons. The number of nitrogens with one attached hydrogen (secondary N) is 1. The number of morpholine rings is 1. The van der Waals surface area contributed by atoms with Gasteiger partial charge in [-0.25, -0.2) is 13.2 Å². The number of rotatable bonds is 8. The standard InChI is InChI=1S/C24H39N3O8S/c1-24(2,3)35-23(31)27-8-4-5-19(20(28)14-27)25-22(30)18(16-36(32,33)15-17-6-7-17)13-21(29)26-9-11-34-12-10-26/h17-19H,4-16H2,1-3H3,(H,25,30). The highest BCUT2D eigenvalue weighted by molar-refractivity contribution is 7.91. The molecule has 3 rings (SSSR count). The Bertz CT molecular complexity index is 935. The van der Waals surface area contributed by atoms with Crippen LogP contribution in [-0.2, 0) is 33.7 Å². The average molecular weight is 530 g/mol. The molecule has 0 radical (unpaired) electrons.